The highest BCUT2D eigenvalue weighted by molar-refractivity contribution is 8.16. The molecular formula is C22H21NO4S2. The largest absolute Gasteiger partial charge is 0.493 e. The summed E-state index contributed by atoms with van der Waals surface area (Å²) in [6, 6.07) is 10.6. The van der Waals surface area contributed by atoms with Crippen molar-refractivity contribution in [3.05, 3.63) is 58.7 Å². The van der Waals surface area contributed by atoms with E-state index in [2.05, 4.69) is 35.7 Å². The zero-order chi connectivity index (χ0) is 21.0. The lowest BCUT2D eigenvalue weighted by atomic mass is 10.0. The molecule has 2 aromatic carbocycles. The minimum Gasteiger partial charge on any atom is -0.493 e. The molecule has 0 aliphatic carbocycles. The van der Waals surface area contributed by atoms with E-state index in [1.54, 1.807) is 12.1 Å². The number of carbonyl (C=O) groups is 2. The molecule has 2 N–H and O–H groups in total. The van der Waals surface area contributed by atoms with Crippen molar-refractivity contribution < 1.29 is 19.4 Å². The van der Waals surface area contributed by atoms with Crippen LogP contribution in [0, 0.1) is 11.8 Å². The summed E-state index contributed by atoms with van der Waals surface area (Å²) >= 11 is 3.62. The summed E-state index contributed by atoms with van der Waals surface area (Å²) in [6.07, 6.45) is 5.14. The maximum absolute atomic E-state index is 11.4. The number of rotatable bonds is 4. The van der Waals surface area contributed by atoms with E-state index in [-0.39, 0.29) is 21.2 Å². The van der Waals surface area contributed by atoms with Gasteiger partial charge in [-0.3, -0.25) is 4.79 Å². The Bertz CT molecular complexity index is 1020. The molecule has 5 nitrogen and oxygen atoms in total. The quantitative estimate of drug-likeness (QED) is 0.556. The molecule has 1 heterocycles. The number of ether oxygens (including phenoxy) is 1. The first-order chi connectivity index (χ1) is 13.9. The average molecular weight is 428 g/mol. The Morgan fingerprint density at radius 2 is 1.76 bits per heavy atom. The molecule has 0 atom stereocenters. The fraction of sp³-hybridized carbons (Fsp3) is 0.273. The number of hydrogen-bond donors (Lipinski definition) is 2. The number of benzene rings is 2. The normalized spacial score (nSPS) is 14.0. The van der Waals surface area contributed by atoms with Crippen LogP contribution in [0.2, 0.25) is 0 Å². The second kappa shape index (κ2) is 8.85. The summed E-state index contributed by atoms with van der Waals surface area (Å²) in [5.74, 6) is 5.66. The molecule has 0 fully saturated rings. The van der Waals surface area contributed by atoms with E-state index in [1.807, 2.05) is 35.7 Å². The highest BCUT2D eigenvalue weighted by atomic mass is 32.2. The Labute approximate surface area is 178 Å². The molecule has 29 heavy (non-hydrogen) atoms. The molecular weight excluding hydrogens is 406 g/mol. The monoisotopic (exact) mass is 427 g/mol. The van der Waals surface area contributed by atoms with Gasteiger partial charge in [0.25, 0.3) is 0 Å². The molecule has 1 amide bonds. The maximum atomic E-state index is 11.4. The SMILES string of the molecule is CSC1(SC)CCOc2ccc(C#Cc3ccc(C(=O)O)c(NC(C)=O)c3)cc21. The Kier molecular flexibility index (Phi) is 6.46. The zero-order valence-electron chi connectivity index (χ0n) is 16.4. The van der Waals surface area contributed by atoms with Gasteiger partial charge in [-0.05, 0) is 48.9 Å². The second-order valence-corrected chi connectivity index (χ2v) is 8.94. The van der Waals surface area contributed by atoms with Crippen LogP contribution in [0.25, 0.3) is 0 Å². The van der Waals surface area contributed by atoms with Gasteiger partial charge in [-0.15, -0.1) is 23.5 Å². The molecule has 1 aliphatic rings. The van der Waals surface area contributed by atoms with Gasteiger partial charge in [-0.1, -0.05) is 11.8 Å². The molecule has 7 heteroatoms. The van der Waals surface area contributed by atoms with E-state index < -0.39 is 5.97 Å². The third-order valence-corrected chi connectivity index (χ3v) is 7.82. The van der Waals surface area contributed by atoms with Crippen LogP contribution in [0.3, 0.4) is 0 Å². The molecule has 0 unspecified atom stereocenters. The molecule has 0 radical (unpaired) electrons. The summed E-state index contributed by atoms with van der Waals surface area (Å²) < 4.78 is 5.77. The molecule has 0 aromatic heterocycles. The van der Waals surface area contributed by atoms with E-state index in [9.17, 15) is 14.7 Å². The number of nitrogens with one attached hydrogen (secondary N) is 1. The van der Waals surface area contributed by atoms with Crippen molar-refractivity contribution in [2.24, 2.45) is 0 Å². The first-order valence-electron chi connectivity index (χ1n) is 8.93. The first-order valence-corrected chi connectivity index (χ1v) is 11.4. The van der Waals surface area contributed by atoms with Crippen LogP contribution in [0.1, 0.15) is 40.4 Å². The molecule has 2 aromatic rings. The lowest BCUT2D eigenvalue weighted by Crippen LogP contribution is -2.26. The highest BCUT2D eigenvalue weighted by Crippen LogP contribution is 2.52. The topological polar surface area (TPSA) is 75.6 Å². The average Bonchev–Trinajstić information content (AvgIpc) is 2.71. The Hall–Kier alpha value is -2.56. The summed E-state index contributed by atoms with van der Waals surface area (Å²) in [7, 11) is 0. The van der Waals surface area contributed by atoms with Gasteiger partial charge in [-0.25, -0.2) is 4.79 Å². The van der Waals surface area contributed by atoms with Crippen LogP contribution in [-0.2, 0) is 8.87 Å². The van der Waals surface area contributed by atoms with Crippen molar-refractivity contribution in [2.75, 3.05) is 24.4 Å². The van der Waals surface area contributed by atoms with Crippen molar-refractivity contribution in [3.63, 3.8) is 0 Å². The van der Waals surface area contributed by atoms with Crippen molar-refractivity contribution in [1.29, 1.82) is 0 Å². The lowest BCUT2D eigenvalue weighted by molar-refractivity contribution is -0.114. The molecule has 0 spiro atoms. The molecule has 0 saturated heterocycles. The van der Waals surface area contributed by atoms with Crippen LogP contribution in [-0.4, -0.2) is 36.1 Å². The number of fused-ring (bicyclic) bond motifs is 1. The predicted octanol–water partition coefficient (Wildman–Crippen LogP) is 4.40. The number of aromatic carboxylic acids is 1. The minimum absolute atomic E-state index is 0.0291. The van der Waals surface area contributed by atoms with E-state index in [0.29, 0.717) is 12.2 Å². The number of carbonyl (C=O) groups excluding carboxylic acids is 1. The molecule has 1 aliphatic heterocycles. The third kappa shape index (κ3) is 4.55. The molecule has 150 valence electrons. The van der Waals surface area contributed by atoms with Crippen molar-refractivity contribution in [2.45, 2.75) is 17.4 Å². The van der Waals surface area contributed by atoms with Gasteiger partial charge in [-0.2, -0.15) is 0 Å². The Balaban J connectivity index is 1.96. The van der Waals surface area contributed by atoms with Gasteiger partial charge < -0.3 is 15.2 Å². The predicted molar refractivity (Wildman–Crippen MR) is 119 cm³/mol. The van der Waals surface area contributed by atoms with E-state index in [1.165, 1.54) is 13.0 Å². The zero-order valence-corrected chi connectivity index (χ0v) is 18.0. The lowest BCUT2D eigenvalue weighted by Gasteiger charge is -2.36. The van der Waals surface area contributed by atoms with Crippen molar-refractivity contribution in [3.8, 4) is 17.6 Å². The smallest absolute Gasteiger partial charge is 0.337 e. The second-order valence-electron chi connectivity index (χ2n) is 6.47. The number of thioether (sulfide) groups is 2. The van der Waals surface area contributed by atoms with E-state index in [0.717, 1.165) is 23.3 Å². The molecule has 0 bridgehead atoms. The Morgan fingerprint density at radius 1 is 1.10 bits per heavy atom. The van der Waals surface area contributed by atoms with Gasteiger partial charge >= 0.3 is 5.97 Å². The third-order valence-electron chi connectivity index (χ3n) is 4.65. The number of carboxylic acid groups (broad SMARTS) is 1. The number of anilines is 1. The maximum Gasteiger partial charge on any atom is 0.337 e. The van der Waals surface area contributed by atoms with E-state index >= 15 is 0 Å². The standard InChI is InChI=1S/C22H21NO4S2/c1-14(24)23-19-13-16(6-8-17(19)21(25)26)5-4-15-7-9-20-18(12-15)22(28-2,29-3)10-11-27-20/h6-9,12-13H,10-11H2,1-3H3,(H,23,24)(H,25,26). The van der Waals surface area contributed by atoms with Crippen LogP contribution >= 0.6 is 23.5 Å². The van der Waals surface area contributed by atoms with Gasteiger partial charge in [0.2, 0.25) is 5.91 Å². The first kappa shape index (κ1) is 21.2. The fourth-order valence-electron chi connectivity index (χ4n) is 3.21. The van der Waals surface area contributed by atoms with Crippen molar-refractivity contribution in [1.82, 2.24) is 0 Å². The van der Waals surface area contributed by atoms with E-state index in [4.69, 9.17) is 4.74 Å². The van der Waals surface area contributed by atoms with Crippen molar-refractivity contribution >= 4 is 41.1 Å². The van der Waals surface area contributed by atoms with Crippen LogP contribution in [0.4, 0.5) is 5.69 Å². The molecule has 0 saturated carbocycles. The summed E-state index contributed by atoms with van der Waals surface area (Å²) in [5, 5.41) is 11.8. The van der Waals surface area contributed by atoms with Crippen LogP contribution < -0.4 is 10.1 Å². The highest BCUT2D eigenvalue weighted by Gasteiger charge is 2.36. The number of amides is 1. The minimum atomic E-state index is -1.10. The van der Waals surface area contributed by atoms with Gasteiger partial charge in [0.15, 0.2) is 0 Å². The van der Waals surface area contributed by atoms with Gasteiger partial charge in [0.1, 0.15) is 5.75 Å². The van der Waals surface area contributed by atoms with Crippen LogP contribution in [0.15, 0.2) is 36.4 Å². The molecule has 3 rings (SSSR count). The number of carboxylic acids is 1. The Morgan fingerprint density at radius 3 is 2.38 bits per heavy atom. The van der Waals surface area contributed by atoms with Gasteiger partial charge in [0.05, 0.1) is 21.9 Å². The van der Waals surface area contributed by atoms with Gasteiger partial charge in [0, 0.05) is 30.0 Å². The number of hydrogen-bond acceptors (Lipinski definition) is 5. The van der Waals surface area contributed by atoms with Crippen LogP contribution in [0.5, 0.6) is 5.75 Å². The summed E-state index contributed by atoms with van der Waals surface area (Å²) in [6.45, 7) is 2.03. The summed E-state index contributed by atoms with van der Waals surface area (Å²) in [4.78, 5) is 22.7. The fourth-order valence-corrected chi connectivity index (χ4v) is 5.22. The summed E-state index contributed by atoms with van der Waals surface area (Å²) in [5.41, 5.74) is 2.87.